The largest absolute Gasteiger partial charge is 0.247 e. The molecule has 66 valence electrons. The minimum absolute atomic E-state index is 0.0903. The van der Waals surface area contributed by atoms with Gasteiger partial charge in [0.2, 0.25) is 0 Å². The summed E-state index contributed by atoms with van der Waals surface area (Å²) in [7, 11) is 0. The summed E-state index contributed by atoms with van der Waals surface area (Å²) >= 11 is 0. The molecule has 1 heteroatoms. The zero-order chi connectivity index (χ0) is 8.86. The Morgan fingerprint density at radius 2 is 1.82 bits per heavy atom. The van der Waals surface area contributed by atoms with Gasteiger partial charge >= 0.3 is 0 Å². The highest BCUT2D eigenvalue weighted by Crippen LogP contribution is 2.62. The minimum atomic E-state index is -0.679. The van der Waals surface area contributed by atoms with Gasteiger partial charge in [0.15, 0.2) is 0 Å². The van der Waals surface area contributed by atoms with Gasteiger partial charge in [-0.25, -0.2) is 4.39 Å². The summed E-state index contributed by atoms with van der Waals surface area (Å²) in [5.41, 5.74) is 0.105. The fraction of sp³-hybridized carbons (Fsp3) is 1.00. The SMILES string of the molecule is CC(F)C1(C)C(C)CC1(C)C. The van der Waals surface area contributed by atoms with Crippen LogP contribution < -0.4 is 0 Å². The molecule has 0 aromatic rings. The molecule has 0 saturated heterocycles. The lowest BCUT2D eigenvalue weighted by molar-refractivity contribution is -0.144. The van der Waals surface area contributed by atoms with Crippen LogP contribution in [0.5, 0.6) is 0 Å². The second kappa shape index (κ2) is 2.21. The van der Waals surface area contributed by atoms with E-state index in [4.69, 9.17) is 0 Å². The Labute approximate surface area is 69.2 Å². The van der Waals surface area contributed by atoms with Crippen LogP contribution in [-0.2, 0) is 0 Å². The van der Waals surface area contributed by atoms with E-state index in [9.17, 15) is 4.39 Å². The van der Waals surface area contributed by atoms with Gasteiger partial charge in [0.1, 0.15) is 6.17 Å². The van der Waals surface area contributed by atoms with Crippen molar-refractivity contribution < 1.29 is 4.39 Å². The van der Waals surface area contributed by atoms with E-state index in [1.165, 1.54) is 0 Å². The van der Waals surface area contributed by atoms with Crippen molar-refractivity contribution in [3.8, 4) is 0 Å². The molecule has 1 saturated carbocycles. The lowest BCUT2D eigenvalue weighted by Crippen LogP contribution is -2.56. The van der Waals surface area contributed by atoms with Crippen LogP contribution in [-0.4, -0.2) is 6.17 Å². The van der Waals surface area contributed by atoms with Gasteiger partial charge in [0, 0.05) is 5.41 Å². The molecule has 0 aromatic heterocycles. The molecule has 11 heavy (non-hydrogen) atoms. The number of alkyl halides is 1. The number of rotatable bonds is 1. The van der Waals surface area contributed by atoms with Crippen molar-refractivity contribution in [2.45, 2.75) is 47.2 Å². The molecule has 0 bridgehead atoms. The maximum atomic E-state index is 13.3. The van der Waals surface area contributed by atoms with E-state index in [1.54, 1.807) is 6.92 Å². The molecule has 1 fully saturated rings. The van der Waals surface area contributed by atoms with E-state index >= 15 is 0 Å². The summed E-state index contributed by atoms with van der Waals surface area (Å²) in [6, 6.07) is 0. The zero-order valence-corrected chi connectivity index (χ0v) is 8.24. The quantitative estimate of drug-likeness (QED) is 0.548. The fourth-order valence-electron chi connectivity index (χ4n) is 2.66. The van der Waals surface area contributed by atoms with E-state index in [-0.39, 0.29) is 10.8 Å². The average Bonchev–Trinajstić information content (AvgIpc) is 1.85. The summed E-state index contributed by atoms with van der Waals surface area (Å²) in [4.78, 5) is 0. The molecule has 0 N–H and O–H groups in total. The van der Waals surface area contributed by atoms with Gasteiger partial charge in [0.05, 0.1) is 0 Å². The van der Waals surface area contributed by atoms with E-state index < -0.39 is 6.17 Å². The molecular formula is C10H19F. The number of hydrogen-bond donors (Lipinski definition) is 0. The van der Waals surface area contributed by atoms with Gasteiger partial charge in [-0.05, 0) is 24.7 Å². The normalized spacial score (nSPS) is 44.7. The van der Waals surface area contributed by atoms with Gasteiger partial charge < -0.3 is 0 Å². The number of hydrogen-bond acceptors (Lipinski definition) is 0. The minimum Gasteiger partial charge on any atom is -0.247 e. The highest BCUT2D eigenvalue weighted by molar-refractivity contribution is 5.06. The second-order valence-corrected chi connectivity index (χ2v) is 4.89. The number of halogens is 1. The van der Waals surface area contributed by atoms with Gasteiger partial charge in [-0.1, -0.05) is 27.7 Å². The topological polar surface area (TPSA) is 0 Å². The van der Waals surface area contributed by atoms with Crippen molar-refractivity contribution in [3.05, 3.63) is 0 Å². The molecule has 3 atom stereocenters. The van der Waals surface area contributed by atoms with Crippen molar-refractivity contribution in [1.29, 1.82) is 0 Å². The molecule has 3 unspecified atom stereocenters. The summed E-state index contributed by atoms with van der Waals surface area (Å²) in [6.45, 7) is 10.3. The first-order valence-electron chi connectivity index (χ1n) is 4.46. The Kier molecular flexibility index (Phi) is 1.81. The standard InChI is InChI=1S/C10H19F/c1-7-6-9(3,4)10(7,5)8(2)11/h7-8H,6H2,1-5H3. The van der Waals surface area contributed by atoms with Crippen molar-refractivity contribution in [1.82, 2.24) is 0 Å². The van der Waals surface area contributed by atoms with Gasteiger partial charge in [-0.2, -0.15) is 0 Å². The van der Waals surface area contributed by atoms with Crippen LogP contribution >= 0.6 is 0 Å². The third-order valence-electron chi connectivity index (χ3n) is 4.12. The highest BCUT2D eigenvalue weighted by Gasteiger charge is 2.58. The Bertz CT molecular complexity index is 154. The molecule has 0 heterocycles. The lowest BCUT2D eigenvalue weighted by Gasteiger charge is -2.60. The first kappa shape index (κ1) is 9.02. The third kappa shape index (κ3) is 0.929. The molecule has 0 aromatic carbocycles. The van der Waals surface area contributed by atoms with Crippen LogP contribution in [0.2, 0.25) is 0 Å². The molecule has 1 rings (SSSR count). The van der Waals surface area contributed by atoms with E-state index in [1.807, 2.05) is 0 Å². The van der Waals surface area contributed by atoms with Crippen LogP contribution in [0, 0.1) is 16.7 Å². The second-order valence-electron chi connectivity index (χ2n) is 4.89. The van der Waals surface area contributed by atoms with Crippen molar-refractivity contribution in [3.63, 3.8) is 0 Å². The third-order valence-corrected chi connectivity index (χ3v) is 4.12. The zero-order valence-electron chi connectivity index (χ0n) is 8.24. The molecule has 0 spiro atoms. The molecule has 1 aliphatic rings. The average molecular weight is 158 g/mol. The van der Waals surface area contributed by atoms with Crippen LogP contribution in [0.15, 0.2) is 0 Å². The Morgan fingerprint density at radius 1 is 1.36 bits per heavy atom. The summed E-state index contributed by atoms with van der Waals surface area (Å²) in [5.74, 6) is 0.539. The van der Waals surface area contributed by atoms with Crippen molar-refractivity contribution in [2.75, 3.05) is 0 Å². The summed E-state index contributed by atoms with van der Waals surface area (Å²) in [5, 5.41) is 0. The van der Waals surface area contributed by atoms with E-state index in [2.05, 4.69) is 27.7 Å². The highest BCUT2D eigenvalue weighted by atomic mass is 19.1. The molecule has 1 aliphatic carbocycles. The molecular weight excluding hydrogens is 139 g/mol. The van der Waals surface area contributed by atoms with Crippen LogP contribution in [0.3, 0.4) is 0 Å². The maximum absolute atomic E-state index is 13.3. The van der Waals surface area contributed by atoms with Crippen LogP contribution in [0.4, 0.5) is 4.39 Å². The molecule has 0 nitrogen and oxygen atoms in total. The van der Waals surface area contributed by atoms with Gasteiger partial charge in [-0.3, -0.25) is 0 Å². The Hall–Kier alpha value is -0.0700. The maximum Gasteiger partial charge on any atom is 0.103 e. The summed E-state index contributed by atoms with van der Waals surface area (Å²) in [6.07, 6.45) is 0.485. The molecule has 0 aliphatic heterocycles. The monoisotopic (exact) mass is 158 g/mol. The van der Waals surface area contributed by atoms with E-state index in [0.29, 0.717) is 5.92 Å². The van der Waals surface area contributed by atoms with E-state index in [0.717, 1.165) is 6.42 Å². The smallest absolute Gasteiger partial charge is 0.103 e. The summed E-state index contributed by atoms with van der Waals surface area (Å²) < 4.78 is 13.3. The predicted molar refractivity (Wildman–Crippen MR) is 46.2 cm³/mol. The predicted octanol–water partition coefficient (Wildman–Crippen LogP) is 3.42. The Balaban J connectivity index is 2.83. The fourth-order valence-corrected chi connectivity index (χ4v) is 2.66. The first-order valence-corrected chi connectivity index (χ1v) is 4.46. The van der Waals surface area contributed by atoms with Crippen molar-refractivity contribution >= 4 is 0 Å². The molecule has 0 amide bonds. The van der Waals surface area contributed by atoms with Crippen LogP contribution in [0.25, 0.3) is 0 Å². The first-order chi connectivity index (χ1) is 4.82. The molecule has 0 radical (unpaired) electrons. The van der Waals surface area contributed by atoms with Gasteiger partial charge in [-0.15, -0.1) is 0 Å². The lowest BCUT2D eigenvalue weighted by atomic mass is 9.45. The Morgan fingerprint density at radius 3 is 1.91 bits per heavy atom. The van der Waals surface area contributed by atoms with Gasteiger partial charge in [0.25, 0.3) is 0 Å². The van der Waals surface area contributed by atoms with Crippen LogP contribution in [0.1, 0.15) is 41.0 Å². The van der Waals surface area contributed by atoms with Crippen molar-refractivity contribution in [2.24, 2.45) is 16.7 Å².